The van der Waals surface area contributed by atoms with Crippen molar-refractivity contribution < 1.29 is 9.59 Å². The van der Waals surface area contributed by atoms with Gasteiger partial charge in [-0.05, 0) is 18.6 Å². The maximum atomic E-state index is 12.0. The minimum Gasteiger partial charge on any atom is -0.322 e. The van der Waals surface area contributed by atoms with Gasteiger partial charge in [0.25, 0.3) is 0 Å². The third-order valence-corrected chi connectivity index (χ3v) is 3.23. The number of nitrogens with one attached hydrogen (secondary N) is 2. The summed E-state index contributed by atoms with van der Waals surface area (Å²) in [6, 6.07) is 5.22. The van der Waals surface area contributed by atoms with Gasteiger partial charge < -0.3 is 10.6 Å². The number of fused-ring (bicyclic) bond motifs is 3. The first kappa shape index (κ1) is 10.3. The van der Waals surface area contributed by atoms with Crippen LogP contribution in [0.1, 0.15) is 5.56 Å². The van der Waals surface area contributed by atoms with Crippen LogP contribution in [0, 0.1) is 6.92 Å². The second-order valence-electron chi connectivity index (χ2n) is 4.37. The van der Waals surface area contributed by atoms with Crippen molar-refractivity contribution in [3.63, 3.8) is 0 Å². The van der Waals surface area contributed by atoms with E-state index in [1.807, 2.05) is 25.1 Å². The van der Waals surface area contributed by atoms with Gasteiger partial charge >= 0.3 is 0 Å². The first-order valence-electron chi connectivity index (χ1n) is 5.62. The van der Waals surface area contributed by atoms with Crippen LogP contribution in [0.2, 0.25) is 0 Å². The number of para-hydroxylation sites is 1. The Balaban J connectivity index is 2.18. The van der Waals surface area contributed by atoms with Crippen LogP contribution in [0.4, 0.5) is 11.4 Å². The second kappa shape index (κ2) is 3.56. The van der Waals surface area contributed by atoms with Crippen LogP contribution >= 0.6 is 0 Å². The molecular formula is C12H13N3O2. The molecule has 0 spiro atoms. The fourth-order valence-electron chi connectivity index (χ4n) is 2.45. The van der Waals surface area contributed by atoms with Crippen molar-refractivity contribution in [2.75, 3.05) is 23.3 Å². The molecule has 0 saturated carbocycles. The van der Waals surface area contributed by atoms with Crippen molar-refractivity contribution in [3.8, 4) is 0 Å². The van der Waals surface area contributed by atoms with Gasteiger partial charge in [-0.25, -0.2) is 0 Å². The lowest BCUT2D eigenvalue weighted by molar-refractivity contribution is -0.124. The van der Waals surface area contributed by atoms with E-state index in [2.05, 4.69) is 10.6 Å². The van der Waals surface area contributed by atoms with Crippen LogP contribution in [0.3, 0.4) is 0 Å². The molecule has 2 aliphatic rings. The zero-order valence-corrected chi connectivity index (χ0v) is 9.49. The number of aryl methyl sites for hydroxylation is 1. The van der Waals surface area contributed by atoms with Gasteiger partial charge in [-0.3, -0.25) is 14.5 Å². The largest absolute Gasteiger partial charge is 0.322 e. The molecule has 0 aromatic heterocycles. The van der Waals surface area contributed by atoms with Gasteiger partial charge in [0, 0.05) is 6.54 Å². The Morgan fingerprint density at radius 3 is 3.00 bits per heavy atom. The molecule has 88 valence electrons. The highest BCUT2D eigenvalue weighted by atomic mass is 16.2. The molecule has 0 bridgehead atoms. The van der Waals surface area contributed by atoms with Crippen molar-refractivity contribution >= 4 is 23.2 Å². The van der Waals surface area contributed by atoms with Crippen LogP contribution < -0.4 is 15.5 Å². The molecule has 1 aromatic rings. The topological polar surface area (TPSA) is 61.4 Å². The molecule has 1 aromatic carbocycles. The van der Waals surface area contributed by atoms with Gasteiger partial charge in [0.15, 0.2) is 0 Å². The molecule has 1 fully saturated rings. The monoisotopic (exact) mass is 231 g/mol. The molecule has 0 aliphatic carbocycles. The average Bonchev–Trinajstić information content (AvgIpc) is 2.30. The highest BCUT2D eigenvalue weighted by Crippen LogP contribution is 2.35. The van der Waals surface area contributed by atoms with E-state index < -0.39 is 6.04 Å². The molecule has 2 aliphatic heterocycles. The summed E-state index contributed by atoms with van der Waals surface area (Å²) in [7, 11) is 0. The predicted octanol–water partition coefficient (Wildman–Crippen LogP) is 0.252. The molecule has 1 atom stereocenters. The van der Waals surface area contributed by atoms with Gasteiger partial charge in [0.1, 0.15) is 6.04 Å². The number of benzene rings is 1. The highest BCUT2D eigenvalue weighted by molar-refractivity contribution is 6.13. The van der Waals surface area contributed by atoms with Gasteiger partial charge in [-0.1, -0.05) is 12.1 Å². The highest BCUT2D eigenvalue weighted by Gasteiger charge is 2.39. The van der Waals surface area contributed by atoms with E-state index >= 15 is 0 Å². The molecule has 5 heteroatoms. The zero-order valence-electron chi connectivity index (χ0n) is 9.49. The number of rotatable bonds is 0. The van der Waals surface area contributed by atoms with Gasteiger partial charge in [0.05, 0.1) is 17.9 Å². The maximum Gasteiger partial charge on any atom is 0.248 e. The Morgan fingerprint density at radius 1 is 1.35 bits per heavy atom. The van der Waals surface area contributed by atoms with E-state index in [-0.39, 0.29) is 18.4 Å². The standard InChI is InChI=1S/C12H13N3O2/c1-7-3-2-4-8-11(7)15-9(12(17)14-8)5-13-6-10(15)16/h2-4,9,13H,5-6H2,1H3,(H,14,17). The molecule has 2 amide bonds. The van der Waals surface area contributed by atoms with Crippen LogP contribution in [-0.4, -0.2) is 30.9 Å². The zero-order chi connectivity index (χ0) is 12.0. The Labute approximate surface area is 98.8 Å². The second-order valence-corrected chi connectivity index (χ2v) is 4.37. The van der Waals surface area contributed by atoms with E-state index in [0.29, 0.717) is 6.54 Å². The van der Waals surface area contributed by atoms with Crippen LogP contribution in [0.15, 0.2) is 18.2 Å². The summed E-state index contributed by atoms with van der Waals surface area (Å²) in [5, 5.41) is 5.81. The van der Waals surface area contributed by atoms with Crippen molar-refractivity contribution in [1.29, 1.82) is 0 Å². The molecule has 5 nitrogen and oxygen atoms in total. The van der Waals surface area contributed by atoms with E-state index in [1.54, 1.807) is 4.90 Å². The number of carbonyl (C=O) groups excluding carboxylic acids is 2. The predicted molar refractivity (Wildman–Crippen MR) is 64.0 cm³/mol. The molecule has 0 radical (unpaired) electrons. The fraction of sp³-hybridized carbons (Fsp3) is 0.333. The number of carbonyl (C=O) groups is 2. The number of anilines is 2. The summed E-state index contributed by atoms with van der Waals surface area (Å²) < 4.78 is 0. The minimum absolute atomic E-state index is 0.0494. The normalized spacial score (nSPS) is 22.9. The van der Waals surface area contributed by atoms with Crippen LogP contribution in [0.25, 0.3) is 0 Å². The number of piperazine rings is 1. The van der Waals surface area contributed by atoms with Crippen molar-refractivity contribution in [3.05, 3.63) is 23.8 Å². The Hall–Kier alpha value is -1.88. The fourth-order valence-corrected chi connectivity index (χ4v) is 2.45. The van der Waals surface area contributed by atoms with Crippen molar-refractivity contribution in [2.45, 2.75) is 13.0 Å². The van der Waals surface area contributed by atoms with Gasteiger partial charge in [0.2, 0.25) is 11.8 Å². The maximum absolute atomic E-state index is 12.0. The molecule has 1 saturated heterocycles. The van der Waals surface area contributed by atoms with E-state index in [4.69, 9.17) is 0 Å². The first-order chi connectivity index (χ1) is 8.18. The summed E-state index contributed by atoms with van der Waals surface area (Å²) >= 11 is 0. The smallest absolute Gasteiger partial charge is 0.248 e. The summed E-state index contributed by atoms with van der Waals surface area (Å²) in [6.07, 6.45) is 0. The van der Waals surface area contributed by atoms with Crippen LogP contribution in [-0.2, 0) is 9.59 Å². The SMILES string of the molecule is Cc1cccc2c1N1C(=O)CNCC1C(=O)N2. The third kappa shape index (κ3) is 1.43. The Kier molecular flexibility index (Phi) is 2.16. The lowest BCUT2D eigenvalue weighted by Gasteiger charge is -2.40. The number of nitrogens with zero attached hydrogens (tertiary/aromatic N) is 1. The van der Waals surface area contributed by atoms with Gasteiger partial charge in [-0.15, -0.1) is 0 Å². The third-order valence-electron chi connectivity index (χ3n) is 3.23. The summed E-state index contributed by atoms with van der Waals surface area (Å²) in [5.74, 6) is -0.171. The first-order valence-corrected chi connectivity index (χ1v) is 5.62. The number of amides is 2. The summed E-state index contributed by atoms with van der Waals surface area (Å²) in [6.45, 7) is 2.74. The summed E-state index contributed by atoms with van der Waals surface area (Å²) in [5.41, 5.74) is 2.56. The molecule has 2 heterocycles. The van der Waals surface area contributed by atoms with Crippen LogP contribution in [0.5, 0.6) is 0 Å². The van der Waals surface area contributed by atoms with E-state index in [9.17, 15) is 9.59 Å². The van der Waals surface area contributed by atoms with E-state index in [0.717, 1.165) is 16.9 Å². The Morgan fingerprint density at radius 2 is 2.18 bits per heavy atom. The Bertz CT molecular complexity index is 512. The average molecular weight is 231 g/mol. The molecule has 2 N–H and O–H groups in total. The number of hydrogen-bond donors (Lipinski definition) is 2. The molecule has 17 heavy (non-hydrogen) atoms. The molecule has 1 unspecified atom stereocenters. The summed E-state index contributed by atoms with van der Waals surface area (Å²) in [4.78, 5) is 25.5. The quantitative estimate of drug-likeness (QED) is 0.673. The number of hydrogen-bond acceptors (Lipinski definition) is 3. The van der Waals surface area contributed by atoms with Gasteiger partial charge in [-0.2, -0.15) is 0 Å². The molecular weight excluding hydrogens is 218 g/mol. The van der Waals surface area contributed by atoms with Crippen molar-refractivity contribution in [1.82, 2.24) is 5.32 Å². The molecule has 3 rings (SSSR count). The van der Waals surface area contributed by atoms with Crippen molar-refractivity contribution in [2.24, 2.45) is 0 Å². The lowest BCUT2D eigenvalue weighted by atomic mass is 10.0. The van der Waals surface area contributed by atoms with E-state index in [1.165, 1.54) is 0 Å². The minimum atomic E-state index is -0.426. The lowest BCUT2D eigenvalue weighted by Crippen LogP contribution is -2.61.